The molecule has 0 aromatic carbocycles. The minimum absolute atomic E-state index is 0. The van der Waals surface area contributed by atoms with Crippen molar-refractivity contribution in [2.45, 2.75) is 33.1 Å². The Morgan fingerprint density at radius 1 is 1.00 bits per heavy atom. The summed E-state index contributed by atoms with van der Waals surface area (Å²) in [6.45, 7) is 12.5. The molecule has 12 heteroatoms. The first-order chi connectivity index (χ1) is 13.5. The molecule has 2 fully saturated rings. The maximum atomic E-state index is 11.8. The van der Waals surface area contributed by atoms with E-state index in [2.05, 4.69) is 19.7 Å². The van der Waals surface area contributed by atoms with Gasteiger partial charge in [-0.25, -0.2) is 8.42 Å². The van der Waals surface area contributed by atoms with Crippen molar-refractivity contribution in [2.24, 2.45) is 16.7 Å². The van der Waals surface area contributed by atoms with E-state index in [9.17, 15) is 17.8 Å². The monoisotopic (exact) mass is 534 g/mol. The van der Waals surface area contributed by atoms with Gasteiger partial charge in [0, 0.05) is 11.8 Å². The van der Waals surface area contributed by atoms with Crippen LogP contribution >= 0.6 is 0 Å². The summed E-state index contributed by atoms with van der Waals surface area (Å²) < 4.78 is 32.7. The predicted molar refractivity (Wildman–Crippen MR) is 98.7 cm³/mol. The van der Waals surface area contributed by atoms with E-state index in [0.29, 0.717) is 12.8 Å². The summed E-state index contributed by atoms with van der Waals surface area (Å²) in [7, 11) is -4.33. The van der Waals surface area contributed by atoms with E-state index in [1.54, 1.807) is 0 Å². The number of aliphatic carboxylic acids is 3. The third kappa shape index (κ3) is 11.3. The normalized spacial score (nSPS) is 21.8. The van der Waals surface area contributed by atoms with Crippen molar-refractivity contribution in [3.05, 3.63) is 38.0 Å². The zero-order valence-electron chi connectivity index (χ0n) is 17.2. The van der Waals surface area contributed by atoms with Crippen LogP contribution in [0.15, 0.2) is 38.0 Å². The molecular formula is C19H24O10SZr. The van der Waals surface area contributed by atoms with Gasteiger partial charge in [0.15, 0.2) is 0 Å². The summed E-state index contributed by atoms with van der Waals surface area (Å²) >= 11 is 0. The van der Waals surface area contributed by atoms with Crippen LogP contribution in [-0.2, 0) is 55.5 Å². The van der Waals surface area contributed by atoms with Crippen molar-refractivity contribution < 1.29 is 73.7 Å². The van der Waals surface area contributed by atoms with Crippen LogP contribution < -0.4 is 15.3 Å². The molecule has 2 aliphatic rings. The molecule has 2 atom stereocenters. The molecule has 0 unspecified atom stereocenters. The van der Waals surface area contributed by atoms with Crippen LogP contribution in [0.3, 0.4) is 0 Å². The molecule has 0 aliphatic heterocycles. The number of fused-ring (bicyclic) bond motifs is 2. The van der Waals surface area contributed by atoms with Crippen molar-refractivity contribution in [2.75, 3.05) is 5.75 Å². The summed E-state index contributed by atoms with van der Waals surface area (Å²) in [6, 6.07) is 0. The molecule has 2 aliphatic carbocycles. The molecular weight excluding hydrogens is 511 g/mol. The molecule has 0 aromatic heterocycles. The second-order valence-corrected chi connectivity index (χ2v) is 8.34. The van der Waals surface area contributed by atoms with Gasteiger partial charge in [-0.3, -0.25) is 4.79 Å². The van der Waals surface area contributed by atoms with Crippen LogP contribution in [0.2, 0.25) is 0 Å². The van der Waals surface area contributed by atoms with Crippen LogP contribution in [0.5, 0.6) is 0 Å². The quantitative estimate of drug-likeness (QED) is 0.272. The third-order valence-corrected chi connectivity index (χ3v) is 5.91. The van der Waals surface area contributed by atoms with Gasteiger partial charge in [-0.1, -0.05) is 33.6 Å². The van der Waals surface area contributed by atoms with E-state index in [0.717, 1.165) is 24.6 Å². The van der Waals surface area contributed by atoms with Crippen LogP contribution in [0.4, 0.5) is 0 Å². The Morgan fingerprint density at radius 2 is 1.32 bits per heavy atom. The fraction of sp³-hybridized carbons (Fsp3) is 0.474. The van der Waals surface area contributed by atoms with E-state index in [-0.39, 0.29) is 43.3 Å². The Labute approximate surface area is 200 Å². The minimum Gasteiger partial charge on any atom is -0.748 e. The molecule has 0 heterocycles. The number of hydrogen-bond acceptors (Lipinski definition) is 10. The third-order valence-electron chi connectivity index (χ3n) is 5.06. The molecule has 10 nitrogen and oxygen atoms in total. The van der Waals surface area contributed by atoms with Gasteiger partial charge in [-0.05, 0) is 42.4 Å². The second kappa shape index (κ2) is 14.2. The number of carbonyl (C=O) groups is 4. The van der Waals surface area contributed by atoms with Gasteiger partial charge in [0.25, 0.3) is 0 Å². The largest absolute Gasteiger partial charge is 4.00 e. The van der Waals surface area contributed by atoms with Crippen molar-refractivity contribution in [1.29, 1.82) is 0 Å². The standard InChI is InChI=1S/C10H16O4S.3C3H4O2.Zr/c1-9(2)7-3-4-10(9,8(11)5-7)6-15(12,13)14;3*1-2-3(4)5;/h7H,3-6H2,1-2H3,(H,12,13,14);3*2H,1H2,(H,4,5);/q;;;;+4/p-4/t7-,10-;;;;/m1..../s1. The van der Waals surface area contributed by atoms with E-state index in [1.165, 1.54) is 0 Å². The smallest absolute Gasteiger partial charge is 0.748 e. The topological polar surface area (TPSA) is 195 Å². The minimum atomic E-state index is -4.33. The number of ketones is 1. The summed E-state index contributed by atoms with van der Waals surface area (Å²) in [5.41, 5.74) is -1.22. The Kier molecular flexibility index (Phi) is 15.5. The maximum Gasteiger partial charge on any atom is 4.00 e. The van der Waals surface area contributed by atoms with Crippen molar-refractivity contribution >= 4 is 33.8 Å². The van der Waals surface area contributed by atoms with E-state index in [1.807, 2.05) is 13.8 Å². The summed E-state index contributed by atoms with van der Waals surface area (Å²) in [5.74, 6) is -3.97. The molecule has 2 saturated carbocycles. The molecule has 0 amide bonds. The first-order valence-corrected chi connectivity index (χ1v) is 10.1. The molecule has 0 N–H and O–H groups in total. The Hall–Kier alpha value is -1.91. The van der Waals surface area contributed by atoms with Gasteiger partial charge in [0.05, 0.1) is 33.8 Å². The fourth-order valence-electron chi connectivity index (χ4n) is 3.41. The van der Waals surface area contributed by atoms with E-state index >= 15 is 0 Å². The summed E-state index contributed by atoms with van der Waals surface area (Å²) in [6.07, 6.45) is 4.04. The van der Waals surface area contributed by atoms with Crippen molar-refractivity contribution in [3.63, 3.8) is 0 Å². The summed E-state index contributed by atoms with van der Waals surface area (Å²) in [5, 5.41) is 27.4. The molecule has 0 radical (unpaired) electrons. The van der Waals surface area contributed by atoms with Crippen LogP contribution in [0.1, 0.15) is 33.1 Å². The first kappa shape index (κ1) is 33.7. The number of carbonyl (C=O) groups excluding carboxylic acids is 4. The molecule has 31 heavy (non-hydrogen) atoms. The Morgan fingerprint density at radius 3 is 1.48 bits per heavy atom. The Balaban J connectivity index is -0.000000409. The SMILES string of the molecule is C=CC(=O)[O-].C=CC(=O)[O-].C=CC(=O)[O-].CC1(C)[C@@H]2CC[C@@]1(CS(=O)(=O)[O-])C(=O)C2.[Zr+4]. The molecule has 170 valence electrons. The predicted octanol–water partition coefficient (Wildman–Crippen LogP) is -2.31. The molecule has 2 bridgehead atoms. The van der Waals surface area contributed by atoms with Gasteiger partial charge < -0.3 is 34.3 Å². The van der Waals surface area contributed by atoms with Crippen molar-refractivity contribution in [3.8, 4) is 0 Å². The number of hydrogen-bond donors (Lipinski definition) is 0. The molecule has 0 aromatic rings. The van der Waals surface area contributed by atoms with Crippen molar-refractivity contribution in [1.82, 2.24) is 0 Å². The zero-order valence-corrected chi connectivity index (χ0v) is 20.5. The number of carboxylic acid groups (broad SMARTS) is 3. The van der Waals surface area contributed by atoms with Crippen LogP contribution in [0, 0.1) is 16.7 Å². The van der Waals surface area contributed by atoms with Gasteiger partial charge >= 0.3 is 26.2 Å². The van der Waals surface area contributed by atoms with Gasteiger partial charge in [-0.2, -0.15) is 0 Å². The average molecular weight is 536 g/mol. The van der Waals surface area contributed by atoms with Crippen LogP contribution in [-0.4, -0.2) is 42.4 Å². The van der Waals surface area contributed by atoms with Crippen LogP contribution in [0.25, 0.3) is 0 Å². The first-order valence-electron chi connectivity index (χ1n) is 8.47. The average Bonchev–Trinajstić information content (AvgIpc) is 2.95. The molecule has 0 spiro atoms. The van der Waals surface area contributed by atoms with Gasteiger partial charge in [-0.15, -0.1) is 0 Å². The molecule has 2 rings (SSSR count). The van der Waals surface area contributed by atoms with E-state index in [4.69, 9.17) is 29.7 Å². The number of Topliss-reactive ketones (excluding diaryl/α,β-unsaturated/α-hetero) is 1. The van der Waals surface area contributed by atoms with E-state index < -0.39 is 39.2 Å². The number of carboxylic acids is 3. The Bertz CT molecular complexity index is 758. The zero-order chi connectivity index (χ0) is 24.3. The summed E-state index contributed by atoms with van der Waals surface area (Å²) in [4.78, 5) is 39.3. The second-order valence-electron chi connectivity index (χ2n) is 6.94. The fourth-order valence-corrected chi connectivity index (χ4v) is 4.69. The molecule has 0 saturated heterocycles. The number of rotatable bonds is 5. The van der Waals surface area contributed by atoms with Gasteiger partial charge in [0.1, 0.15) is 5.78 Å². The van der Waals surface area contributed by atoms with Gasteiger partial charge in [0.2, 0.25) is 0 Å². The maximum absolute atomic E-state index is 11.8.